The maximum Gasteiger partial charge on any atom is 0.268 e. The van der Waals surface area contributed by atoms with Gasteiger partial charge in [-0.05, 0) is 75.5 Å². The van der Waals surface area contributed by atoms with Crippen LogP contribution in [0.3, 0.4) is 0 Å². The summed E-state index contributed by atoms with van der Waals surface area (Å²) in [6.07, 6.45) is -0.205. The topological polar surface area (TPSA) is 131 Å². The van der Waals surface area contributed by atoms with E-state index in [1.165, 1.54) is 12.4 Å². The summed E-state index contributed by atoms with van der Waals surface area (Å²) in [5.74, 6) is 4.46. The minimum Gasteiger partial charge on any atom is -0.391 e. The number of benzene rings is 2. The van der Waals surface area contributed by atoms with Gasteiger partial charge in [0.15, 0.2) is 0 Å². The molecule has 0 unspecified atom stereocenters. The molecule has 0 aromatic heterocycles. The number of nitrogens with one attached hydrogen (secondary N) is 3. The molecule has 0 saturated carbocycles. The Balaban J connectivity index is 1.97. The number of aliphatic hydroxyl groups excluding tert-OH is 1. The summed E-state index contributed by atoms with van der Waals surface area (Å²) in [6.45, 7) is 4.58. The number of anilines is 1. The van der Waals surface area contributed by atoms with Crippen molar-refractivity contribution < 1.29 is 24.7 Å². The minimum absolute atomic E-state index is 0.0735. The molecule has 0 radical (unpaired) electrons. The summed E-state index contributed by atoms with van der Waals surface area (Å²) >= 11 is 0. The standard InChI is InChI=1S/C25H30N4O5/c1-4-15-29(3)16-22(31)26-21-13-9-19(10-14-21)6-5-18-7-11-20(12-8-18)24(32)27-23(17(2)30)25(33)28-34/h7-14,17,23,30,34H,4,15-16H2,1-3H3,(H,26,31)(H,27,32)(H,28,33)/t17-,23+/m1/s1. The number of amides is 3. The highest BCUT2D eigenvalue weighted by molar-refractivity contribution is 5.97. The van der Waals surface area contributed by atoms with Gasteiger partial charge in [0.25, 0.3) is 11.8 Å². The second kappa shape index (κ2) is 13.1. The molecule has 0 aliphatic carbocycles. The van der Waals surface area contributed by atoms with Crippen LogP contribution in [0.1, 0.15) is 41.8 Å². The lowest BCUT2D eigenvalue weighted by Gasteiger charge is -2.19. The maximum atomic E-state index is 12.3. The fourth-order valence-electron chi connectivity index (χ4n) is 3.09. The third kappa shape index (κ3) is 8.33. The molecule has 3 amide bonds. The molecule has 0 saturated heterocycles. The van der Waals surface area contributed by atoms with Gasteiger partial charge in [-0.3, -0.25) is 24.5 Å². The van der Waals surface area contributed by atoms with E-state index in [1.807, 2.05) is 24.1 Å². The van der Waals surface area contributed by atoms with Gasteiger partial charge in [0.2, 0.25) is 5.91 Å². The largest absolute Gasteiger partial charge is 0.391 e. The van der Waals surface area contributed by atoms with Crippen LogP contribution in [-0.2, 0) is 9.59 Å². The van der Waals surface area contributed by atoms with E-state index in [0.29, 0.717) is 17.8 Å². The first kappa shape index (κ1) is 26.5. The molecule has 0 spiro atoms. The molecule has 0 aliphatic rings. The zero-order valence-electron chi connectivity index (χ0n) is 19.5. The lowest BCUT2D eigenvalue weighted by molar-refractivity contribution is -0.133. The summed E-state index contributed by atoms with van der Waals surface area (Å²) in [7, 11) is 1.91. The van der Waals surface area contributed by atoms with Crippen molar-refractivity contribution in [2.45, 2.75) is 32.4 Å². The Bertz CT molecular complexity index is 1040. The van der Waals surface area contributed by atoms with Crippen LogP contribution in [-0.4, -0.2) is 65.2 Å². The van der Waals surface area contributed by atoms with E-state index >= 15 is 0 Å². The number of hydrogen-bond acceptors (Lipinski definition) is 6. The molecule has 0 heterocycles. The quantitative estimate of drug-likeness (QED) is 0.215. The van der Waals surface area contributed by atoms with Gasteiger partial charge in [0, 0.05) is 22.4 Å². The Morgan fingerprint density at radius 2 is 1.56 bits per heavy atom. The second-order valence-electron chi connectivity index (χ2n) is 7.86. The Morgan fingerprint density at radius 1 is 1.00 bits per heavy atom. The van der Waals surface area contributed by atoms with Crippen molar-refractivity contribution >= 4 is 23.4 Å². The van der Waals surface area contributed by atoms with Crippen LogP contribution in [0.5, 0.6) is 0 Å². The lowest BCUT2D eigenvalue weighted by Crippen LogP contribution is -2.51. The first-order chi connectivity index (χ1) is 16.2. The molecular weight excluding hydrogens is 436 g/mol. The molecule has 5 N–H and O–H groups in total. The number of likely N-dealkylation sites (N-methyl/N-ethyl adjacent to an activating group) is 1. The number of aliphatic hydroxyl groups is 1. The average Bonchev–Trinajstić information content (AvgIpc) is 2.81. The molecule has 9 heteroatoms. The molecule has 2 atom stereocenters. The Labute approximate surface area is 199 Å². The maximum absolute atomic E-state index is 12.3. The van der Waals surface area contributed by atoms with Crippen LogP contribution in [0.4, 0.5) is 5.69 Å². The number of hydrogen-bond donors (Lipinski definition) is 5. The van der Waals surface area contributed by atoms with Crippen LogP contribution in [0.2, 0.25) is 0 Å². The van der Waals surface area contributed by atoms with E-state index in [2.05, 4.69) is 29.4 Å². The van der Waals surface area contributed by atoms with Gasteiger partial charge in [0.05, 0.1) is 12.6 Å². The zero-order chi connectivity index (χ0) is 25.1. The molecule has 0 fully saturated rings. The van der Waals surface area contributed by atoms with Gasteiger partial charge in [-0.2, -0.15) is 0 Å². The first-order valence-electron chi connectivity index (χ1n) is 10.9. The van der Waals surface area contributed by atoms with Crippen LogP contribution < -0.4 is 16.1 Å². The minimum atomic E-state index is -1.29. The van der Waals surface area contributed by atoms with Crippen LogP contribution in [0, 0.1) is 11.8 Å². The van der Waals surface area contributed by atoms with Gasteiger partial charge in [-0.15, -0.1) is 0 Å². The fourth-order valence-corrected chi connectivity index (χ4v) is 3.09. The number of carbonyl (C=O) groups excluding carboxylic acids is 3. The molecule has 9 nitrogen and oxygen atoms in total. The van der Waals surface area contributed by atoms with E-state index in [9.17, 15) is 19.5 Å². The van der Waals surface area contributed by atoms with Crippen molar-refractivity contribution in [2.75, 3.05) is 25.5 Å². The van der Waals surface area contributed by atoms with Crippen LogP contribution in [0.15, 0.2) is 48.5 Å². The van der Waals surface area contributed by atoms with E-state index < -0.39 is 24.0 Å². The van der Waals surface area contributed by atoms with Crippen molar-refractivity contribution in [3.63, 3.8) is 0 Å². The molecule has 2 aromatic carbocycles. The lowest BCUT2D eigenvalue weighted by atomic mass is 10.1. The van der Waals surface area contributed by atoms with Crippen molar-refractivity contribution in [1.29, 1.82) is 0 Å². The van der Waals surface area contributed by atoms with Crippen molar-refractivity contribution in [1.82, 2.24) is 15.7 Å². The molecule has 2 rings (SSSR count). The Morgan fingerprint density at radius 3 is 2.06 bits per heavy atom. The predicted octanol–water partition coefficient (Wildman–Crippen LogP) is 1.35. The Hall–Kier alpha value is -3.71. The van der Waals surface area contributed by atoms with E-state index in [-0.39, 0.29) is 11.5 Å². The number of nitrogens with zero attached hydrogens (tertiary/aromatic N) is 1. The smallest absolute Gasteiger partial charge is 0.268 e. The van der Waals surface area contributed by atoms with Gasteiger partial charge in [-0.25, -0.2) is 5.48 Å². The van der Waals surface area contributed by atoms with Crippen molar-refractivity contribution in [3.05, 3.63) is 65.2 Å². The zero-order valence-corrected chi connectivity index (χ0v) is 19.5. The average molecular weight is 467 g/mol. The highest BCUT2D eigenvalue weighted by atomic mass is 16.5. The molecule has 0 bridgehead atoms. The SMILES string of the molecule is CCCN(C)CC(=O)Nc1ccc(C#Cc2ccc(C(=O)N[C@H](C(=O)NO)[C@@H](C)O)cc2)cc1. The van der Waals surface area contributed by atoms with Crippen molar-refractivity contribution in [3.8, 4) is 11.8 Å². The predicted molar refractivity (Wildman–Crippen MR) is 128 cm³/mol. The van der Waals surface area contributed by atoms with Gasteiger partial charge < -0.3 is 15.7 Å². The third-order valence-electron chi connectivity index (χ3n) is 4.85. The summed E-state index contributed by atoms with van der Waals surface area (Å²) in [5, 5.41) is 23.6. The van der Waals surface area contributed by atoms with Gasteiger partial charge in [0.1, 0.15) is 6.04 Å². The summed E-state index contributed by atoms with van der Waals surface area (Å²) < 4.78 is 0. The van der Waals surface area contributed by atoms with E-state index in [0.717, 1.165) is 18.5 Å². The summed E-state index contributed by atoms with van der Waals surface area (Å²) in [6, 6.07) is 12.3. The van der Waals surface area contributed by atoms with Crippen LogP contribution in [0.25, 0.3) is 0 Å². The second-order valence-corrected chi connectivity index (χ2v) is 7.86. The Kier molecular flexibility index (Phi) is 10.2. The van der Waals surface area contributed by atoms with E-state index in [1.54, 1.807) is 36.4 Å². The normalized spacial score (nSPS) is 12.2. The third-order valence-corrected chi connectivity index (χ3v) is 4.85. The van der Waals surface area contributed by atoms with Gasteiger partial charge in [-0.1, -0.05) is 18.8 Å². The van der Waals surface area contributed by atoms with Crippen LogP contribution >= 0.6 is 0 Å². The molecule has 2 aromatic rings. The number of carbonyl (C=O) groups is 3. The molecule has 34 heavy (non-hydrogen) atoms. The highest BCUT2D eigenvalue weighted by Crippen LogP contribution is 2.10. The molecule has 180 valence electrons. The van der Waals surface area contributed by atoms with Gasteiger partial charge >= 0.3 is 0 Å². The number of rotatable bonds is 9. The fraction of sp³-hybridized carbons (Fsp3) is 0.320. The molecular formula is C25H30N4O5. The highest BCUT2D eigenvalue weighted by Gasteiger charge is 2.25. The number of hydroxylamine groups is 1. The monoisotopic (exact) mass is 466 g/mol. The molecule has 0 aliphatic heterocycles. The van der Waals surface area contributed by atoms with E-state index in [4.69, 9.17) is 5.21 Å². The first-order valence-corrected chi connectivity index (χ1v) is 10.9. The van der Waals surface area contributed by atoms with Crippen molar-refractivity contribution in [2.24, 2.45) is 0 Å². The summed E-state index contributed by atoms with van der Waals surface area (Å²) in [4.78, 5) is 37.9. The summed E-state index contributed by atoms with van der Waals surface area (Å²) in [5.41, 5.74) is 3.82.